The molecule has 0 bridgehead atoms. The van der Waals surface area contributed by atoms with Crippen LogP contribution in [0.5, 0.6) is 5.75 Å². The van der Waals surface area contributed by atoms with E-state index in [-0.39, 0.29) is 17.7 Å². The van der Waals surface area contributed by atoms with E-state index in [1.54, 1.807) is 19.2 Å². The number of benzene rings is 1. The number of morpholine rings is 1. The molecule has 1 aromatic carbocycles. The second-order valence-electron chi connectivity index (χ2n) is 6.20. The third-order valence-electron chi connectivity index (χ3n) is 4.79. The number of piperidine rings is 1. The Morgan fingerprint density at radius 2 is 1.71 bits per heavy atom. The SMILES string of the molecule is COc1ccccc1C(=O)N1CCC(C(=O)N2CCOCC2)CC1. The van der Waals surface area contributed by atoms with E-state index < -0.39 is 0 Å². The number of para-hydroxylation sites is 1. The third-order valence-corrected chi connectivity index (χ3v) is 4.79. The lowest BCUT2D eigenvalue weighted by Crippen LogP contribution is -2.47. The minimum Gasteiger partial charge on any atom is -0.496 e. The molecule has 3 rings (SSSR count). The molecule has 2 saturated heterocycles. The van der Waals surface area contributed by atoms with Crippen LogP contribution in [-0.2, 0) is 9.53 Å². The minimum atomic E-state index is -0.0234. The van der Waals surface area contributed by atoms with Gasteiger partial charge >= 0.3 is 0 Å². The highest BCUT2D eigenvalue weighted by Gasteiger charge is 2.31. The minimum absolute atomic E-state index is 0.0184. The Balaban J connectivity index is 1.58. The van der Waals surface area contributed by atoms with Crippen LogP contribution in [0.1, 0.15) is 23.2 Å². The maximum atomic E-state index is 12.7. The van der Waals surface area contributed by atoms with Gasteiger partial charge in [-0.2, -0.15) is 0 Å². The van der Waals surface area contributed by atoms with Crippen molar-refractivity contribution in [2.45, 2.75) is 12.8 Å². The van der Waals surface area contributed by atoms with E-state index >= 15 is 0 Å². The number of hydrogen-bond acceptors (Lipinski definition) is 4. The van der Waals surface area contributed by atoms with Crippen molar-refractivity contribution in [2.75, 3.05) is 46.5 Å². The zero-order chi connectivity index (χ0) is 16.9. The van der Waals surface area contributed by atoms with E-state index in [0.29, 0.717) is 50.7 Å². The molecule has 0 N–H and O–H groups in total. The van der Waals surface area contributed by atoms with Gasteiger partial charge in [0, 0.05) is 32.1 Å². The molecule has 0 aliphatic carbocycles. The van der Waals surface area contributed by atoms with Gasteiger partial charge in [0.2, 0.25) is 5.91 Å². The fourth-order valence-electron chi connectivity index (χ4n) is 3.36. The van der Waals surface area contributed by atoms with E-state index in [2.05, 4.69) is 0 Å². The second kappa shape index (κ2) is 7.66. The highest BCUT2D eigenvalue weighted by molar-refractivity contribution is 5.97. The quantitative estimate of drug-likeness (QED) is 0.840. The van der Waals surface area contributed by atoms with Crippen molar-refractivity contribution in [3.63, 3.8) is 0 Å². The molecule has 2 aliphatic rings. The zero-order valence-corrected chi connectivity index (χ0v) is 14.1. The standard InChI is InChI=1S/C18H24N2O4/c1-23-16-5-3-2-4-15(16)18(22)19-8-6-14(7-9-19)17(21)20-10-12-24-13-11-20/h2-5,14H,6-13H2,1H3. The number of amides is 2. The average Bonchev–Trinajstić information content (AvgIpc) is 2.67. The maximum absolute atomic E-state index is 12.7. The summed E-state index contributed by atoms with van der Waals surface area (Å²) in [5.41, 5.74) is 0.581. The normalized spacial score (nSPS) is 19.2. The fraction of sp³-hybridized carbons (Fsp3) is 0.556. The lowest BCUT2D eigenvalue weighted by Gasteiger charge is -2.35. The van der Waals surface area contributed by atoms with Gasteiger partial charge in [0.05, 0.1) is 25.9 Å². The molecule has 0 radical (unpaired) electrons. The molecule has 6 heteroatoms. The molecule has 0 saturated carbocycles. The van der Waals surface area contributed by atoms with Crippen LogP contribution in [0.3, 0.4) is 0 Å². The third kappa shape index (κ3) is 3.53. The summed E-state index contributed by atoms with van der Waals surface area (Å²) in [6.07, 6.45) is 1.44. The summed E-state index contributed by atoms with van der Waals surface area (Å²) >= 11 is 0. The Morgan fingerprint density at radius 3 is 2.38 bits per heavy atom. The smallest absolute Gasteiger partial charge is 0.257 e. The van der Waals surface area contributed by atoms with Crippen molar-refractivity contribution in [1.82, 2.24) is 9.80 Å². The van der Waals surface area contributed by atoms with Crippen molar-refractivity contribution in [1.29, 1.82) is 0 Å². The first-order chi connectivity index (χ1) is 11.7. The van der Waals surface area contributed by atoms with Crippen LogP contribution in [-0.4, -0.2) is 68.1 Å². The summed E-state index contributed by atoms with van der Waals surface area (Å²) in [5.74, 6) is 0.797. The van der Waals surface area contributed by atoms with Crippen molar-refractivity contribution in [3.8, 4) is 5.75 Å². The number of likely N-dealkylation sites (tertiary alicyclic amines) is 1. The largest absolute Gasteiger partial charge is 0.496 e. The van der Waals surface area contributed by atoms with Crippen LogP contribution >= 0.6 is 0 Å². The summed E-state index contributed by atoms with van der Waals surface area (Å²) in [6, 6.07) is 7.27. The maximum Gasteiger partial charge on any atom is 0.257 e. The lowest BCUT2D eigenvalue weighted by atomic mass is 9.94. The van der Waals surface area contributed by atoms with E-state index in [1.807, 2.05) is 21.9 Å². The molecule has 24 heavy (non-hydrogen) atoms. The molecule has 6 nitrogen and oxygen atoms in total. The van der Waals surface area contributed by atoms with Crippen molar-refractivity contribution >= 4 is 11.8 Å². The fourth-order valence-corrected chi connectivity index (χ4v) is 3.36. The molecule has 2 amide bonds. The molecule has 0 atom stereocenters. The lowest BCUT2D eigenvalue weighted by molar-refractivity contribution is -0.141. The first-order valence-corrected chi connectivity index (χ1v) is 8.49. The van der Waals surface area contributed by atoms with E-state index in [4.69, 9.17) is 9.47 Å². The molecule has 2 aliphatic heterocycles. The predicted molar refractivity (Wildman–Crippen MR) is 89.0 cm³/mol. The number of carbonyl (C=O) groups is 2. The Bertz CT molecular complexity index is 590. The van der Waals surface area contributed by atoms with Gasteiger partial charge in [-0.05, 0) is 25.0 Å². The topological polar surface area (TPSA) is 59.1 Å². The number of ether oxygens (including phenoxy) is 2. The summed E-state index contributed by atoms with van der Waals surface area (Å²) in [6.45, 7) is 3.82. The van der Waals surface area contributed by atoms with Crippen LogP contribution in [0.25, 0.3) is 0 Å². The van der Waals surface area contributed by atoms with Crippen molar-refractivity contribution in [2.24, 2.45) is 5.92 Å². The summed E-state index contributed by atoms with van der Waals surface area (Å²) in [7, 11) is 1.57. The van der Waals surface area contributed by atoms with Gasteiger partial charge in [-0.1, -0.05) is 12.1 Å². The summed E-state index contributed by atoms with van der Waals surface area (Å²) in [5, 5.41) is 0. The molecule has 1 aromatic rings. The van der Waals surface area contributed by atoms with Gasteiger partial charge in [-0.15, -0.1) is 0 Å². The molecular weight excluding hydrogens is 308 g/mol. The molecule has 2 fully saturated rings. The monoisotopic (exact) mass is 332 g/mol. The van der Waals surface area contributed by atoms with E-state index in [1.165, 1.54) is 0 Å². The number of hydrogen-bond donors (Lipinski definition) is 0. The number of carbonyl (C=O) groups excluding carboxylic acids is 2. The molecule has 2 heterocycles. The number of methoxy groups -OCH3 is 1. The molecule has 0 aromatic heterocycles. The second-order valence-corrected chi connectivity index (χ2v) is 6.20. The van der Waals surface area contributed by atoms with Gasteiger partial charge in [-0.25, -0.2) is 0 Å². The average molecular weight is 332 g/mol. The summed E-state index contributed by atoms with van der Waals surface area (Å²) < 4.78 is 10.6. The van der Waals surface area contributed by atoms with Gasteiger partial charge in [0.15, 0.2) is 0 Å². The van der Waals surface area contributed by atoms with Crippen LogP contribution in [0.2, 0.25) is 0 Å². The van der Waals surface area contributed by atoms with Crippen LogP contribution in [0.4, 0.5) is 0 Å². The first-order valence-electron chi connectivity index (χ1n) is 8.49. The summed E-state index contributed by atoms with van der Waals surface area (Å²) in [4.78, 5) is 29.0. The predicted octanol–water partition coefficient (Wildman–Crippen LogP) is 1.41. The Morgan fingerprint density at radius 1 is 1.04 bits per heavy atom. The highest BCUT2D eigenvalue weighted by Crippen LogP contribution is 2.24. The molecular formula is C18H24N2O4. The van der Waals surface area contributed by atoms with Crippen molar-refractivity contribution in [3.05, 3.63) is 29.8 Å². The van der Waals surface area contributed by atoms with Crippen LogP contribution < -0.4 is 4.74 Å². The van der Waals surface area contributed by atoms with Gasteiger partial charge in [0.25, 0.3) is 5.91 Å². The first kappa shape index (κ1) is 16.8. The van der Waals surface area contributed by atoms with E-state index in [0.717, 1.165) is 12.8 Å². The van der Waals surface area contributed by atoms with Gasteiger partial charge < -0.3 is 19.3 Å². The van der Waals surface area contributed by atoms with Gasteiger partial charge in [-0.3, -0.25) is 9.59 Å². The molecule has 0 unspecified atom stereocenters. The van der Waals surface area contributed by atoms with Crippen LogP contribution in [0, 0.1) is 5.92 Å². The van der Waals surface area contributed by atoms with Crippen molar-refractivity contribution < 1.29 is 19.1 Å². The van der Waals surface area contributed by atoms with Gasteiger partial charge in [0.1, 0.15) is 5.75 Å². The highest BCUT2D eigenvalue weighted by atomic mass is 16.5. The zero-order valence-electron chi connectivity index (χ0n) is 14.1. The van der Waals surface area contributed by atoms with E-state index in [9.17, 15) is 9.59 Å². The Kier molecular flexibility index (Phi) is 5.35. The number of rotatable bonds is 3. The molecule has 130 valence electrons. The Labute approximate surface area is 142 Å². The number of nitrogens with zero attached hydrogens (tertiary/aromatic N) is 2. The van der Waals surface area contributed by atoms with Crippen LogP contribution in [0.15, 0.2) is 24.3 Å². The Hall–Kier alpha value is -2.08. The molecule has 0 spiro atoms.